The number of allylic oxidation sites excluding steroid dienone is 2. The van der Waals surface area contributed by atoms with Crippen LogP contribution in [0.1, 0.15) is 39.0 Å². The van der Waals surface area contributed by atoms with Crippen LogP contribution in [0.5, 0.6) is 11.5 Å². The molecular formula is C23H28N2O3S. The van der Waals surface area contributed by atoms with Crippen molar-refractivity contribution in [3.63, 3.8) is 0 Å². The summed E-state index contributed by atoms with van der Waals surface area (Å²) in [5.41, 5.74) is 2.70. The highest BCUT2D eigenvalue weighted by Crippen LogP contribution is 2.41. The van der Waals surface area contributed by atoms with Gasteiger partial charge in [0.25, 0.3) is 0 Å². The molecule has 3 heterocycles. The van der Waals surface area contributed by atoms with Gasteiger partial charge in [0.1, 0.15) is 0 Å². The van der Waals surface area contributed by atoms with Crippen molar-refractivity contribution in [2.24, 2.45) is 5.92 Å². The van der Waals surface area contributed by atoms with Crippen LogP contribution in [0.25, 0.3) is 10.4 Å². The predicted octanol–water partition coefficient (Wildman–Crippen LogP) is 5.27. The first-order valence-electron chi connectivity index (χ1n) is 10.8. The molecule has 1 saturated heterocycles. The topological polar surface area (TPSA) is 43.8 Å². The monoisotopic (exact) mass is 412 g/mol. The van der Waals surface area contributed by atoms with Gasteiger partial charge in [-0.15, -0.1) is 0 Å². The molecular weight excluding hydrogens is 384 g/mol. The third-order valence-corrected chi connectivity index (χ3v) is 6.92. The molecule has 1 saturated carbocycles. The van der Waals surface area contributed by atoms with Crippen LogP contribution in [0.3, 0.4) is 0 Å². The van der Waals surface area contributed by atoms with E-state index in [9.17, 15) is 0 Å². The van der Waals surface area contributed by atoms with Crippen LogP contribution in [0, 0.1) is 5.92 Å². The fourth-order valence-corrected chi connectivity index (χ4v) is 5.13. The molecule has 1 aromatic heterocycles. The molecule has 6 heteroatoms. The van der Waals surface area contributed by atoms with Crippen molar-refractivity contribution in [2.45, 2.75) is 39.0 Å². The van der Waals surface area contributed by atoms with Gasteiger partial charge in [-0.05, 0) is 61.9 Å². The van der Waals surface area contributed by atoms with E-state index in [-0.39, 0.29) is 0 Å². The standard InChI is InChI=1S/C23H28N2O3S/c1-2-26-22(16-4-5-16)17-8-10-25(11-9-17)23-24-15-21(29-23)18-6-7-19-20(14-18)28-13-3-12-27-19/h6-7,14-15,17H,2-5,8-13H2,1H3. The molecule has 1 aliphatic carbocycles. The van der Waals surface area contributed by atoms with E-state index in [1.807, 2.05) is 12.3 Å². The minimum Gasteiger partial charge on any atom is -0.498 e. The molecule has 2 fully saturated rings. The third kappa shape index (κ3) is 4.08. The Labute approximate surface area is 176 Å². The number of ether oxygens (including phenoxy) is 3. The fraction of sp³-hybridized carbons (Fsp3) is 0.522. The molecule has 0 radical (unpaired) electrons. The molecule has 2 aromatic rings. The van der Waals surface area contributed by atoms with Gasteiger partial charge in [-0.2, -0.15) is 0 Å². The Kier molecular flexibility index (Phi) is 5.36. The van der Waals surface area contributed by atoms with Crippen LogP contribution in [0.15, 0.2) is 35.7 Å². The Bertz CT molecular complexity index is 893. The molecule has 1 aromatic carbocycles. The number of nitrogens with zero attached hydrogens (tertiary/aromatic N) is 2. The number of thiazole rings is 1. The Morgan fingerprint density at radius 3 is 2.72 bits per heavy atom. The minimum atomic E-state index is 0.588. The van der Waals surface area contributed by atoms with E-state index in [0.29, 0.717) is 19.1 Å². The number of hydrogen-bond donors (Lipinski definition) is 0. The zero-order chi connectivity index (χ0) is 19.6. The van der Waals surface area contributed by atoms with Crippen molar-refractivity contribution in [3.8, 4) is 21.9 Å². The normalized spacial score (nSPS) is 19.1. The van der Waals surface area contributed by atoms with Crippen molar-refractivity contribution in [1.82, 2.24) is 4.98 Å². The van der Waals surface area contributed by atoms with Crippen LogP contribution in [-0.4, -0.2) is 37.9 Å². The average Bonchev–Trinajstić information content (AvgIpc) is 3.52. The molecule has 29 heavy (non-hydrogen) atoms. The summed E-state index contributed by atoms with van der Waals surface area (Å²) in [5, 5.41) is 1.11. The summed E-state index contributed by atoms with van der Waals surface area (Å²) >= 11 is 1.76. The van der Waals surface area contributed by atoms with E-state index in [1.54, 1.807) is 16.9 Å². The molecule has 0 bridgehead atoms. The first-order valence-corrected chi connectivity index (χ1v) is 11.6. The third-order valence-electron chi connectivity index (χ3n) is 5.81. The SMILES string of the molecule is CCOC(=C1CC1)C1CCN(c2ncc(-c3ccc4c(c3)OCCCO4)s2)CC1. The molecule has 0 spiro atoms. The van der Waals surface area contributed by atoms with Crippen LogP contribution >= 0.6 is 11.3 Å². The first kappa shape index (κ1) is 18.8. The summed E-state index contributed by atoms with van der Waals surface area (Å²) in [6.45, 7) is 6.39. The molecule has 2 aliphatic heterocycles. The lowest BCUT2D eigenvalue weighted by atomic mass is 9.94. The van der Waals surface area contributed by atoms with Gasteiger partial charge >= 0.3 is 0 Å². The first-order chi connectivity index (χ1) is 14.3. The van der Waals surface area contributed by atoms with Gasteiger partial charge in [0.15, 0.2) is 16.6 Å². The molecule has 5 nitrogen and oxygen atoms in total. The van der Waals surface area contributed by atoms with E-state index < -0.39 is 0 Å². The van der Waals surface area contributed by atoms with E-state index in [2.05, 4.69) is 24.0 Å². The quantitative estimate of drug-likeness (QED) is 0.626. The van der Waals surface area contributed by atoms with Gasteiger partial charge in [-0.25, -0.2) is 4.98 Å². The van der Waals surface area contributed by atoms with Crippen LogP contribution in [0.4, 0.5) is 5.13 Å². The van der Waals surface area contributed by atoms with E-state index in [1.165, 1.54) is 23.5 Å². The summed E-state index contributed by atoms with van der Waals surface area (Å²) in [4.78, 5) is 8.33. The van der Waals surface area contributed by atoms with Gasteiger partial charge in [0.05, 0.1) is 30.5 Å². The van der Waals surface area contributed by atoms with E-state index >= 15 is 0 Å². The van der Waals surface area contributed by atoms with E-state index in [4.69, 9.17) is 19.2 Å². The van der Waals surface area contributed by atoms with Crippen molar-refractivity contribution < 1.29 is 14.2 Å². The molecule has 3 aliphatic rings. The zero-order valence-corrected chi connectivity index (χ0v) is 17.8. The number of anilines is 1. The number of benzene rings is 1. The lowest BCUT2D eigenvalue weighted by Crippen LogP contribution is -2.34. The summed E-state index contributed by atoms with van der Waals surface area (Å²) in [6.07, 6.45) is 7.69. The number of aromatic nitrogens is 1. The highest BCUT2D eigenvalue weighted by atomic mass is 32.1. The number of fused-ring (bicyclic) bond motifs is 1. The van der Waals surface area contributed by atoms with Crippen LogP contribution < -0.4 is 14.4 Å². The van der Waals surface area contributed by atoms with Gasteiger partial charge in [-0.1, -0.05) is 11.3 Å². The second-order valence-electron chi connectivity index (χ2n) is 7.88. The second kappa shape index (κ2) is 8.27. The second-order valence-corrected chi connectivity index (χ2v) is 8.89. The molecule has 0 atom stereocenters. The lowest BCUT2D eigenvalue weighted by Gasteiger charge is -2.32. The lowest BCUT2D eigenvalue weighted by molar-refractivity contribution is 0.177. The van der Waals surface area contributed by atoms with Crippen LogP contribution in [0.2, 0.25) is 0 Å². The van der Waals surface area contributed by atoms with Gasteiger partial charge < -0.3 is 19.1 Å². The molecule has 154 valence electrons. The maximum atomic E-state index is 5.99. The smallest absolute Gasteiger partial charge is 0.185 e. The number of piperidine rings is 1. The number of hydrogen-bond acceptors (Lipinski definition) is 6. The Hall–Kier alpha value is -2.21. The molecule has 0 N–H and O–H groups in total. The average molecular weight is 413 g/mol. The van der Waals surface area contributed by atoms with E-state index in [0.717, 1.165) is 61.2 Å². The minimum absolute atomic E-state index is 0.588. The van der Waals surface area contributed by atoms with Crippen molar-refractivity contribution in [2.75, 3.05) is 37.8 Å². The maximum absolute atomic E-state index is 5.99. The molecule has 0 amide bonds. The van der Waals surface area contributed by atoms with Crippen LogP contribution in [-0.2, 0) is 4.74 Å². The Morgan fingerprint density at radius 1 is 1.17 bits per heavy atom. The van der Waals surface area contributed by atoms with Gasteiger partial charge in [-0.3, -0.25) is 0 Å². The highest BCUT2D eigenvalue weighted by Gasteiger charge is 2.30. The summed E-state index contributed by atoms with van der Waals surface area (Å²) in [7, 11) is 0. The highest BCUT2D eigenvalue weighted by molar-refractivity contribution is 7.18. The van der Waals surface area contributed by atoms with Gasteiger partial charge in [0.2, 0.25) is 0 Å². The summed E-state index contributed by atoms with van der Waals surface area (Å²) < 4.78 is 17.6. The Morgan fingerprint density at radius 2 is 1.97 bits per heavy atom. The van der Waals surface area contributed by atoms with Crippen molar-refractivity contribution >= 4 is 16.5 Å². The van der Waals surface area contributed by atoms with Crippen molar-refractivity contribution in [1.29, 1.82) is 0 Å². The zero-order valence-electron chi connectivity index (χ0n) is 17.0. The maximum Gasteiger partial charge on any atom is 0.185 e. The summed E-state index contributed by atoms with van der Waals surface area (Å²) in [6, 6.07) is 6.20. The van der Waals surface area contributed by atoms with Crippen molar-refractivity contribution in [3.05, 3.63) is 35.7 Å². The predicted molar refractivity (Wildman–Crippen MR) is 116 cm³/mol. The fourth-order valence-electron chi connectivity index (χ4n) is 4.17. The van der Waals surface area contributed by atoms with Gasteiger partial charge in [0, 0.05) is 31.6 Å². The molecule has 0 unspecified atom stereocenters. The largest absolute Gasteiger partial charge is 0.498 e. The summed E-state index contributed by atoms with van der Waals surface area (Å²) in [5.74, 6) is 3.57. The Balaban J connectivity index is 1.27. The molecule has 5 rings (SSSR count). The number of rotatable bonds is 5.